The highest BCUT2D eigenvalue weighted by molar-refractivity contribution is 7.15. The average Bonchev–Trinajstić information content (AvgIpc) is 3.44. The van der Waals surface area contributed by atoms with E-state index in [1.165, 1.54) is 0 Å². The molecule has 0 bridgehead atoms. The fourth-order valence-corrected chi connectivity index (χ4v) is 4.14. The van der Waals surface area contributed by atoms with Crippen LogP contribution >= 0.6 is 11.3 Å². The Morgan fingerprint density at radius 3 is 2.53 bits per heavy atom. The zero-order chi connectivity index (χ0) is 20.7. The summed E-state index contributed by atoms with van der Waals surface area (Å²) in [5.41, 5.74) is 3.26. The van der Waals surface area contributed by atoms with Gasteiger partial charge in [0, 0.05) is 47.4 Å². The number of hydrogen-bond donors (Lipinski definition) is 1. The summed E-state index contributed by atoms with van der Waals surface area (Å²) < 4.78 is 1.97. The third-order valence-electron chi connectivity index (χ3n) is 4.95. The molecule has 2 aromatic carbocycles. The molecule has 30 heavy (non-hydrogen) atoms. The van der Waals surface area contributed by atoms with Gasteiger partial charge >= 0.3 is 0 Å². The number of aromatic nitrogens is 2. The van der Waals surface area contributed by atoms with Gasteiger partial charge in [-0.15, -0.1) is 11.3 Å². The van der Waals surface area contributed by atoms with Crippen LogP contribution in [0.2, 0.25) is 0 Å². The van der Waals surface area contributed by atoms with Crippen molar-refractivity contribution in [3.8, 4) is 11.3 Å². The molecule has 1 aliphatic heterocycles. The van der Waals surface area contributed by atoms with Crippen LogP contribution < -0.4 is 10.2 Å². The number of nitrogens with zero attached hydrogens (tertiary/aromatic N) is 3. The summed E-state index contributed by atoms with van der Waals surface area (Å²) in [4.78, 5) is 43.2. The summed E-state index contributed by atoms with van der Waals surface area (Å²) in [7, 11) is 0. The fraction of sp³-hybridized carbons (Fsp3) is 0.0909. The molecule has 3 amide bonds. The summed E-state index contributed by atoms with van der Waals surface area (Å²) in [5, 5.41) is 4.83. The number of carbonyl (C=O) groups excluding carboxylic acids is 3. The minimum atomic E-state index is -0.314. The zero-order valence-electron chi connectivity index (χ0n) is 15.7. The van der Waals surface area contributed by atoms with E-state index in [0.717, 1.165) is 21.1 Å². The lowest BCUT2D eigenvalue weighted by Gasteiger charge is -2.15. The van der Waals surface area contributed by atoms with Gasteiger partial charge < -0.3 is 5.32 Å². The second-order valence-corrected chi connectivity index (χ2v) is 7.80. The molecule has 3 heterocycles. The quantitative estimate of drug-likeness (QED) is 0.510. The number of fused-ring (bicyclic) bond motifs is 1. The molecular weight excluding hydrogens is 400 g/mol. The van der Waals surface area contributed by atoms with Gasteiger partial charge in [-0.25, -0.2) is 4.98 Å². The molecule has 0 radical (unpaired) electrons. The number of benzene rings is 2. The summed E-state index contributed by atoms with van der Waals surface area (Å²) in [6.07, 6.45) is 4.33. The minimum Gasteiger partial charge on any atom is -0.322 e. The van der Waals surface area contributed by atoms with Gasteiger partial charge in [0.1, 0.15) is 0 Å². The van der Waals surface area contributed by atoms with Gasteiger partial charge in [0.25, 0.3) is 5.91 Å². The second kappa shape index (κ2) is 7.23. The van der Waals surface area contributed by atoms with Crippen molar-refractivity contribution >= 4 is 45.4 Å². The van der Waals surface area contributed by atoms with Crippen molar-refractivity contribution in [2.24, 2.45) is 0 Å². The van der Waals surface area contributed by atoms with Crippen molar-refractivity contribution in [2.45, 2.75) is 12.8 Å². The smallest absolute Gasteiger partial charge is 0.255 e. The highest BCUT2D eigenvalue weighted by Crippen LogP contribution is 2.25. The molecule has 1 fully saturated rings. The molecule has 7 nitrogen and oxygen atoms in total. The van der Waals surface area contributed by atoms with Gasteiger partial charge in [0.15, 0.2) is 4.96 Å². The number of imidazole rings is 1. The normalized spacial score (nSPS) is 13.9. The largest absolute Gasteiger partial charge is 0.322 e. The maximum Gasteiger partial charge on any atom is 0.255 e. The number of nitrogens with one attached hydrogen (secondary N) is 1. The number of thiazole rings is 1. The summed E-state index contributed by atoms with van der Waals surface area (Å²) in [6, 6.07) is 14.0. The molecule has 0 aliphatic carbocycles. The zero-order valence-corrected chi connectivity index (χ0v) is 16.6. The summed E-state index contributed by atoms with van der Waals surface area (Å²) in [5.74, 6) is -0.800. The lowest BCUT2D eigenvalue weighted by Crippen LogP contribution is -2.28. The maximum atomic E-state index is 12.7. The standard InChI is InChI=1S/C22H16N4O3S/c27-19-8-9-20(28)26(19)17-3-1-2-15(12-17)21(29)23-16-6-4-14(5-7-16)18-13-25-10-11-30-22(25)24-18/h1-7,10-13H,8-9H2,(H,23,29). The van der Waals surface area contributed by atoms with Crippen LogP contribution in [0, 0.1) is 0 Å². The Morgan fingerprint density at radius 1 is 1.03 bits per heavy atom. The number of anilines is 2. The minimum absolute atomic E-state index is 0.205. The van der Waals surface area contributed by atoms with E-state index >= 15 is 0 Å². The lowest BCUT2D eigenvalue weighted by atomic mass is 10.1. The van der Waals surface area contributed by atoms with E-state index in [1.807, 2.05) is 46.4 Å². The molecule has 0 saturated carbocycles. The Labute approximate surface area is 175 Å². The van der Waals surface area contributed by atoms with Gasteiger partial charge in [-0.3, -0.25) is 23.7 Å². The van der Waals surface area contributed by atoms with Crippen LogP contribution in [-0.4, -0.2) is 27.1 Å². The molecule has 1 N–H and O–H groups in total. The Hall–Kier alpha value is -3.78. The highest BCUT2D eigenvalue weighted by Gasteiger charge is 2.30. The molecule has 0 spiro atoms. The Bertz CT molecular complexity index is 1240. The van der Waals surface area contributed by atoms with Crippen LogP contribution in [-0.2, 0) is 9.59 Å². The SMILES string of the molecule is O=C(Nc1ccc(-c2cn3ccsc3n2)cc1)c1cccc(N2C(=O)CCC2=O)c1. The van der Waals surface area contributed by atoms with Crippen LogP contribution in [0.15, 0.2) is 66.3 Å². The molecule has 1 saturated heterocycles. The maximum absolute atomic E-state index is 12.7. The summed E-state index contributed by atoms with van der Waals surface area (Å²) >= 11 is 1.57. The van der Waals surface area contributed by atoms with E-state index in [-0.39, 0.29) is 30.6 Å². The Balaban J connectivity index is 1.33. The van der Waals surface area contributed by atoms with Crippen LogP contribution in [0.25, 0.3) is 16.2 Å². The topological polar surface area (TPSA) is 83.8 Å². The monoisotopic (exact) mass is 416 g/mol. The lowest BCUT2D eigenvalue weighted by molar-refractivity contribution is -0.121. The van der Waals surface area contributed by atoms with E-state index in [2.05, 4.69) is 10.3 Å². The first-order chi connectivity index (χ1) is 14.6. The first-order valence-corrected chi connectivity index (χ1v) is 10.3. The van der Waals surface area contributed by atoms with Crippen molar-refractivity contribution < 1.29 is 14.4 Å². The van der Waals surface area contributed by atoms with E-state index in [9.17, 15) is 14.4 Å². The third kappa shape index (κ3) is 3.27. The number of imide groups is 1. The second-order valence-electron chi connectivity index (χ2n) is 6.92. The van der Waals surface area contributed by atoms with Crippen molar-refractivity contribution in [2.75, 3.05) is 10.2 Å². The first-order valence-electron chi connectivity index (χ1n) is 9.38. The molecule has 148 valence electrons. The number of rotatable bonds is 4. The van der Waals surface area contributed by atoms with Crippen molar-refractivity contribution in [3.63, 3.8) is 0 Å². The van der Waals surface area contributed by atoms with Gasteiger partial charge in [0.2, 0.25) is 11.8 Å². The van der Waals surface area contributed by atoms with Crippen LogP contribution in [0.4, 0.5) is 11.4 Å². The predicted octanol–water partition coefficient (Wildman–Crippen LogP) is 3.97. The molecule has 8 heteroatoms. The van der Waals surface area contributed by atoms with E-state index in [0.29, 0.717) is 16.9 Å². The molecule has 0 unspecified atom stereocenters. The van der Waals surface area contributed by atoms with E-state index < -0.39 is 0 Å². The van der Waals surface area contributed by atoms with Crippen LogP contribution in [0.3, 0.4) is 0 Å². The van der Waals surface area contributed by atoms with Gasteiger partial charge in [0.05, 0.1) is 11.4 Å². The molecule has 2 aromatic heterocycles. The van der Waals surface area contributed by atoms with Crippen molar-refractivity contribution in [1.82, 2.24) is 9.38 Å². The number of carbonyl (C=O) groups is 3. The van der Waals surface area contributed by atoms with Gasteiger partial charge in [-0.05, 0) is 30.3 Å². The van der Waals surface area contributed by atoms with Crippen molar-refractivity contribution in [3.05, 3.63) is 71.9 Å². The average molecular weight is 416 g/mol. The molecule has 5 rings (SSSR count). The molecular formula is C22H16N4O3S. The van der Waals surface area contributed by atoms with Gasteiger partial charge in [-0.1, -0.05) is 18.2 Å². The molecule has 4 aromatic rings. The Morgan fingerprint density at radius 2 is 1.80 bits per heavy atom. The van der Waals surface area contributed by atoms with E-state index in [1.54, 1.807) is 35.6 Å². The summed E-state index contributed by atoms with van der Waals surface area (Å²) in [6.45, 7) is 0. The van der Waals surface area contributed by atoms with Crippen molar-refractivity contribution in [1.29, 1.82) is 0 Å². The highest BCUT2D eigenvalue weighted by atomic mass is 32.1. The third-order valence-corrected chi connectivity index (χ3v) is 5.72. The van der Waals surface area contributed by atoms with Gasteiger partial charge in [-0.2, -0.15) is 0 Å². The number of hydrogen-bond acceptors (Lipinski definition) is 5. The molecule has 1 aliphatic rings. The van der Waals surface area contributed by atoms with E-state index in [4.69, 9.17) is 0 Å². The molecule has 0 atom stereocenters. The van der Waals surface area contributed by atoms with Crippen LogP contribution in [0.5, 0.6) is 0 Å². The fourth-order valence-electron chi connectivity index (χ4n) is 3.44. The Kier molecular flexibility index (Phi) is 4.40. The predicted molar refractivity (Wildman–Crippen MR) is 115 cm³/mol. The first kappa shape index (κ1) is 18.3. The van der Waals surface area contributed by atoms with Crippen LogP contribution in [0.1, 0.15) is 23.2 Å². The number of amides is 3.